The molecule has 1 amide bonds. The van der Waals surface area contributed by atoms with Crippen LogP contribution in [-0.4, -0.2) is 32.5 Å². The Kier molecular flexibility index (Phi) is 4.89. The molecule has 1 atom stereocenters. The highest BCUT2D eigenvalue weighted by atomic mass is 32.2. The Labute approximate surface area is 157 Å². The van der Waals surface area contributed by atoms with Crippen LogP contribution in [0.15, 0.2) is 68.7 Å². The minimum absolute atomic E-state index is 0.0455. The lowest BCUT2D eigenvalue weighted by Crippen LogP contribution is -2.32. The molecule has 1 unspecified atom stereocenters. The Bertz CT molecular complexity index is 1160. The predicted octanol–water partition coefficient (Wildman–Crippen LogP) is 3.03. The molecule has 2 aromatic carbocycles. The summed E-state index contributed by atoms with van der Waals surface area (Å²) in [4.78, 5) is 26.7. The number of nitrogens with zero attached hydrogens (tertiary/aromatic N) is 1. The summed E-state index contributed by atoms with van der Waals surface area (Å²) in [5.41, 5.74) is 0.440. The van der Waals surface area contributed by atoms with Gasteiger partial charge in [0.15, 0.2) is 9.84 Å². The summed E-state index contributed by atoms with van der Waals surface area (Å²) in [5.74, 6) is -0.464. The number of amides is 1. The van der Waals surface area contributed by atoms with E-state index in [-0.39, 0.29) is 16.5 Å². The van der Waals surface area contributed by atoms with Crippen LogP contribution in [0, 0.1) is 0 Å². The molecule has 140 valence electrons. The number of carbonyl (C=O) groups is 1. The lowest BCUT2D eigenvalue weighted by atomic mass is 10.1. The number of hydrogen-bond acceptors (Lipinski definition) is 5. The van der Waals surface area contributed by atoms with Gasteiger partial charge < -0.3 is 9.32 Å². The molecule has 3 rings (SSSR count). The Balaban J connectivity index is 1.91. The van der Waals surface area contributed by atoms with Crippen molar-refractivity contribution in [1.82, 2.24) is 4.90 Å². The van der Waals surface area contributed by atoms with E-state index in [0.717, 1.165) is 11.8 Å². The van der Waals surface area contributed by atoms with Crippen LogP contribution in [0.5, 0.6) is 0 Å². The van der Waals surface area contributed by atoms with Crippen molar-refractivity contribution < 1.29 is 17.6 Å². The van der Waals surface area contributed by atoms with Crippen molar-refractivity contribution >= 4 is 26.7 Å². The summed E-state index contributed by atoms with van der Waals surface area (Å²) in [6, 6.07) is 14.5. The first kappa shape index (κ1) is 18.8. The van der Waals surface area contributed by atoms with E-state index in [9.17, 15) is 18.0 Å². The number of fused-ring (bicyclic) bond motifs is 1. The smallest absolute Gasteiger partial charge is 0.349 e. The van der Waals surface area contributed by atoms with Gasteiger partial charge in [-0.1, -0.05) is 30.3 Å². The highest BCUT2D eigenvalue weighted by Crippen LogP contribution is 2.23. The minimum atomic E-state index is -3.29. The third kappa shape index (κ3) is 3.78. The van der Waals surface area contributed by atoms with Gasteiger partial charge >= 0.3 is 5.63 Å². The van der Waals surface area contributed by atoms with Gasteiger partial charge in [0.05, 0.1) is 10.9 Å². The van der Waals surface area contributed by atoms with Crippen LogP contribution >= 0.6 is 0 Å². The quantitative estimate of drug-likeness (QED) is 0.645. The second-order valence-electron chi connectivity index (χ2n) is 6.42. The van der Waals surface area contributed by atoms with Crippen molar-refractivity contribution in [2.75, 3.05) is 13.3 Å². The van der Waals surface area contributed by atoms with Crippen molar-refractivity contribution in [3.05, 3.63) is 76.1 Å². The van der Waals surface area contributed by atoms with Crippen molar-refractivity contribution in [3.8, 4) is 0 Å². The molecule has 0 radical (unpaired) electrons. The third-order valence-corrected chi connectivity index (χ3v) is 5.69. The van der Waals surface area contributed by atoms with Crippen LogP contribution < -0.4 is 5.63 Å². The van der Waals surface area contributed by atoms with Gasteiger partial charge in [-0.2, -0.15) is 0 Å². The molecule has 0 saturated carbocycles. The zero-order chi connectivity index (χ0) is 19.8. The van der Waals surface area contributed by atoms with Crippen LogP contribution in [0.25, 0.3) is 11.0 Å². The van der Waals surface area contributed by atoms with Gasteiger partial charge in [-0.05, 0) is 36.8 Å². The zero-order valence-electron chi connectivity index (χ0n) is 15.2. The average molecular weight is 385 g/mol. The molecule has 1 aromatic heterocycles. The summed E-state index contributed by atoms with van der Waals surface area (Å²) < 4.78 is 28.4. The second-order valence-corrected chi connectivity index (χ2v) is 8.43. The van der Waals surface area contributed by atoms with E-state index in [2.05, 4.69) is 0 Å². The van der Waals surface area contributed by atoms with Gasteiger partial charge in [-0.3, -0.25) is 4.79 Å². The fraction of sp³-hybridized carbons (Fsp3) is 0.200. The lowest BCUT2D eigenvalue weighted by molar-refractivity contribution is 0.0738. The van der Waals surface area contributed by atoms with Crippen LogP contribution in [0.3, 0.4) is 0 Å². The molecule has 0 spiro atoms. The number of sulfone groups is 1. The van der Waals surface area contributed by atoms with Gasteiger partial charge in [0.1, 0.15) is 11.1 Å². The fourth-order valence-corrected chi connectivity index (χ4v) is 3.42. The number of para-hydroxylation sites is 1. The molecule has 0 saturated heterocycles. The van der Waals surface area contributed by atoms with Gasteiger partial charge in [0.25, 0.3) is 5.91 Å². The molecule has 6 nitrogen and oxygen atoms in total. The molecule has 0 aliphatic carbocycles. The number of benzene rings is 2. The molecule has 3 aromatic rings. The van der Waals surface area contributed by atoms with E-state index in [0.29, 0.717) is 11.0 Å². The molecular formula is C20H19NO5S. The van der Waals surface area contributed by atoms with E-state index in [4.69, 9.17) is 4.42 Å². The number of rotatable bonds is 4. The Morgan fingerprint density at radius 3 is 2.33 bits per heavy atom. The molecule has 0 aliphatic rings. The van der Waals surface area contributed by atoms with Crippen LogP contribution in [0.4, 0.5) is 0 Å². The second kappa shape index (κ2) is 7.00. The molecule has 0 N–H and O–H groups in total. The van der Waals surface area contributed by atoms with Crippen LogP contribution in [0.2, 0.25) is 0 Å². The Hall–Kier alpha value is -2.93. The average Bonchev–Trinajstić information content (AvgIpc) is 2.65. The minimum Gasteiger partial charge on any atom is -0.422 e. The van der Waals surface area contributed by atoms with E-state index in [1.54, 1.807) is 50.4 Å². The van der Waals surface area contributed by atoms with Crippen molar-refractivity contribution in [2.45, 2.75) is 17.9 Å². The van der Waals surface area contributed by atoms with Gasteiger partial charge in [0.2, 0.25) is 0 Å². The van der Waals surface area contributed by atoms with E-state index < -0.39 is 21.4 Å². The Morgan fingerprint density at radius 2 is 1.70 bits per heavy atom. The summed E-state index contributed by atoms with van der Waals surface area (Å²) in [5, 5.41) is 0.666. The van der Waals surface area contributed by atoms with Gasteiger partial charge in [-0.25, -0.2) is 13.2 Å². The van der Waals surface area contributed by atoms with Gasteiger partial charge in [0, 0.05) is 18.7 Å². The third-order valence-electron chi connectivity index (χ3n) is 4.56. The highest BCUT2D eigenvalue weighted by Gasteiger charge is 2.23. The van der Waals surface area contributed by atoms with E-state index >= 15 is 0 Å². The molecule has 27 heavy (non-hydrogen) atoms. The van der Waals surface area contributed by atoms with Crippen LogP contribution in [-0.2, 0) is 9.84 Å². The predicted molar refractivity (Wildman–Crippen MR) is 103 cm³/mol. The first-order valence-corrected chi connectivity index (χ1v) is 10.2. The monoisotopic (exact) mass is 385 g/mol. The molecule has 1 heterocycles. The topological polar surface area (TPSA) is 84.7 Å². The lowest BCUT2D eigenvalue weighted by Gasteiger charge is -2.25. The maximum Gasteiger partial charge on any atom is 0.349 e. The fourth-order valence-electron chi connectivity index (χ4n) is 2.79. The largest absolute Gasteiger partial charge is 0.422 e. The van der Waals surface area contributed by atoms with Crippen molar-refractivity contribution in [2.24, 2.45) is 0 Å². The van der Waals surface area contributed by atoms with Gasteiger partial charge in [-0.15, -0.1) is 0 Å². The maximum absolute atomic E-state index is 12.8. The number of hydrogen-bond donors (Lipinski definition) is 0. The van der Waals surface area contributed by atoms with Crippen LogP contribution in [0.1, 0.15) is 28.9 Å². The molecular weight excluding hydrogens is 366 g/mol. The SMILES string of the molecule is CC(c1ccc(S(C)(=O)=O)cc1)N(C)C(=O)c1cc2ccccc2oc1=O. The molecule has 0 bridgehead atoms. The van der Waals surface area contributed by atoms with E-state index in [1.165, 1.54) is 23.1 Å². The van der Waals surface area contributed by atoms with E-state index in [1.807, 2.05) is 0 Å². The Morgan fingerprint density at radius 1 is 1.07 bits per heavy atom. The summed E-state index contributed by atoms with van der Waals surface area (Å²) in [6.45, 7) is 1.80. The normalized spacial score (nSPS) is 12.7. The maximum atomic E-state index is 12.8. The molecule has 7 heteroatoms. The number of carbonyl (C=O) groups excluding carboxylic acids is 1. The summed E-state index contributed by atoms with van der Waals surface area (Å²) in [7, 11) is -1.70. The zero-order valence-corrected chi connectivity index (χ0v) is 16.0. The molecule has 0 fully saturated rings. The summed E-state index contributed by atoms with van der Waals surface area (Å²) >= 11 is 0. The van der Waals surface area contributed by atoms with Crippen molar-refractivity contribution in [3.63, 3.8) is 0 Å². The van der Waals surface area contributed by atoms with Crippen molar-refractivity contribution in [1.29, 1.82) is 0 Å². The standard InChI is InChI=1S/C20H19NO5S/c1-13(14-8-10-16(11-9-14)27(3,24)25)21(2)19(22)17-12-15-6-4-5-7-18(15)26-20(17)23/h4-13H,1-3H3. The molecule has 0 aliphatic heterocycles. The first-order valence-electron chi connectivity index (χ1n) is 8.28. The summed E-state index contributed by atoms with van der Waals surface area (Å²) in [6.07, 6.45) is 1.14. The first-order chi connectivity index (χ1) is 12.7. The highest BCUT2D eigenvalue weighted by molar-refractivity contribution is 7.90.